The van der Waals surface area contributed by atoms with Crippen LogP contribution in [0.15, 0.2) is 18.2 Å². The van der Waals surface area contributed by atoms with Crippen LogP contribution in [0.3, 0.4) is 0 Å². The van der Waals surface area contributed by atoms with E-state index in [2.05, 4.69) is 0 Å². The van der Waals surface area contributed by atoms with Crippen molar-refractivity contribution >= 4 is 5.69 Å². The van der Waals surface area contributed by atoms with Gasteiger partial charge in [0.2, 0.25) is 0 Å². The van der Waals surface area contributed by atoms with Crippen molar-refractivity contribution in [1.82, 2.24) is 0 Å². The van der Waals surface area contributed by atoms with Crippen LogP contribution in [0.25, 0.3) is 0 Å². The lowest BCUT2D eigenvalue weighted by Crippen LogP contribution is -2.10. The minimum Gasteiger partial charge on any atom is -0.491 e. The third kappa shape index (κ3) is 4.08. The van der Waals surface area contributed by atoms with E-state index in [0.29, 0.717) is 26.4 Å². The fourth-order valence-corrected chi connectivity index (χ4v) is 1.24. The van der Waals surface area contributed by atoms with E-state index < -0.39 is 0 Å². The van der Waals surface area contributed by atoms with Crippen molar-refractivity contribution in [2.75, 3.05) is 39.3 Å². The molecule has 4 nitrogen and oxygen atoms in total. The van der Waals surface area contributed by atoms with E-state index in [1.54, 1.807) is 7.11 Å². The van der Waals surface area contributed by atoms with Crippen molar-refractivity contribution < 1.29 is 14.2 Å². The van der Waals surface area contributed by atoms with Crippen molar-refractivity contribution in [2.24, 2.45) is 0 Å². The lowest BCUT2D eigenvalue weighted by molar-refractivity contribution is 0.0543. The maximum absolute atomic E-state index is 5.76. The van der Waals surface area contributed by atoms with Crippen LogP contribution in [0.5, 0.6) is 5.75 Å². The van der Waals surface area contributed by atoms with Crippen LogP contribution in [0.1, 0.15) is 5.56 Å². The highest BCUT2D eigenvalue weighted by molar-refractivity contribution is 5.53. The summed E-state index contributed by atoms with van der Waals surface area (Å²) in [5.74, 6) is 0.815. The molecule has 0 spiro atoms. The van der Waals surface area contributed by atoms with Crippen molar-refractivity contribution in [3.8, 4) is 5.75 Å². The Labute approximate surface area is 96.3 Å². The molecular weight excluding hydrogens is 206 g/mol. The van der Waals surface area contributed by atoms with Gasteiger partial charge in [-0.25, -0.2) is 0 Å². The zero-order valence-electron chi connectivity index (χ0n) is 9.86. The van der Waals surface area contributed by atoms with E-state index in [0.717, 1.165) is 17.0 Å². The van der Waals surface area contributed by atoms with Crippen LogP contribution in [0.2, 0.25) is 0 Å². The smallest absolute Gasteiger partial charge is 0.124 e. The molecule has 0 aromatic heterocycles. The van der Waals surface area contributed by atoms with Gasteiger partial charge < -0.3 is 19.9 Å². The van der Waals surface area contributed by atoms with Crippen molar-refractivity contribution in [2.45, 2.75) is 6.92 Å². The molecule has 0 unspecified atom stereocenters. The van der Waals surface area contributed by atoms with Gasteiger partial charge in [-0.1, -0.05) is 6.07 Å². The summed E-state index contributed by atoms with van der Waals surface area (Å²) < 4.78 is 15.7. The topological polar surface area (TPSA) is 53.7 Å². The Hall–Kier alpha value is -1.26. The summed E-state index contributed by atoms with van der Waals surface area (Å²) in [4.78, 5) is 0. The van der Waals surface area contributed by atoms with Gasteiger partial charge in [0.25, 0.3) is 0 Å². The van der Waals surface area contributed by atoms with Crippen molar-refractivity contribution in [1.29, 1.82) is 0 Å². The van der Waals surface area contributed by atoms with Crippen LogP contribution in [0.4, 0.5) is 5.69 Å². The van der Waals surface area contributed by atoms with E-state index in [-0.39, 0.29) is 0 Å². The maximum atomic E-state index is 5.76. The fourth-order valence-electron chi connectivity index (χ4n) is 1.24. The second kappa shape index (κ2) is 7.09. The molecule has 1 rings (SSSR count). The molecule has 0 aliphatic rings. The van der Waals surface area contributed by atoms with Gasteiger partial charge in [-0.05, 0) is 19.1 Å². The predicted octanol–water partition coefficient (Wildman–Crippen LogP) is 1.62. The molecule has 0 saturated carbocycles. The number of benzene rings is 1. The molecule has 2 N–H and O–H groups in total. The molecule has 0 saturated heterocycles. The summed E-state index contributed by atoms with van der Waals surface area (Å²) >= 11 is 0. The number of nitrogen functional groups attached to an aromatic ring is 1. The zero-order valence-corrected chi connectivity index (χ0v) is 9.86. The SMILES string of the molecule is COCCOCCOc1cccc(N)c1C. The molecule has 16 heavy (non-hydrogen) atoms. The van der Waals surface area contributed by atoms with Gasteiger partial charge in [0.05, 0.1) is 19.8 Å². The highest BCUT2D eigenvalue weighted by Gasteiger charge is 2.01. The summed E-state index contributed by atoms with van der Waals surface area (Å²) in [6.45, 7) is 4.22. The molecule has 0 aliphatic heterocycles. The summed E-state index contributed by atoms with van der Waals surface area (Å²) in [7, 11) is 1.65. The lowest BCUT2D eigenvalue weighted by Gasteiger charge is -2.10. The fraction of sp³-hybridized carbons (Fsp3) is 0.500. The molecule has 0 amide bonds. The standard InChI is InChI=1S/C12H19NO3/c1-10-11(13)4-3-5-12(10)16-9-8-15-7-6-14-2/h3-5H,6-9,13H2,1-2H3. The largest absolute Gasteiger partial charge is 0.491 e. The third-order valence-corrected chi connectivity index (χ3v) is 2.24. The van der Waals surface area contributed by atoms with E-state index in [9.17, 15) is 0 Å². The Morgan fingerprint density at radius 1 is 1.12 bits per heavy atom. The minimum atomic E-state index is 0.522. The highest BCUT2D eigenvalue weighted by Crippen LogP contribution is 2.22. The minimum absolute atomic E-state index is 0.522. The van der Waals surface area contributed by atoms with Gasteiger partial charge >= 0.3 is 0 Å². The number of anilines is 1. The molecule has 90 valence electrons. The van der Waals surface area contributed by atoms with Crippen LogP contribution in [0, 0.1) is 6.92 Å². The average Bonchev–Trinajstić information content (AvgIpc) is 2.29. The first-order valence-corrected chi connectivity index (χ1v) is 5.30. The number of methoxy groups -OCH3 is 1. The van der Waals surface area contributed by atoms with Gasteiger partial charge in [-0.2, -0.15) is 0 Å². The number of nitrogens with two attached hydrogens (primary N) is 1. The summed E-state index contributed by atoms with van der Waals surface area (Å²) in [5, 5.41) is 0. The molecule has 0 fully saturated rings. The molecular formula is C12H19NO3. The molecule has 0 atom stereocenters. The number of hydrogen-bond donors (Lipinski definition) is 1. The first-order valence-electron chi connectivity index (χ1n) is 5.30. The van der Waals surface area contributed by atoms with E-state index in [1.807, 2.05) is 25.1 Å². The van der Waals surface area contributed by atoms with Crippen LogP contribution < -0.4 is 10.5 Å². The first-order chi connectivity index (χ1) is 7.75. The van der Waals surface area contributed by atoms with E-state index in [1.165, 1.54) is 0 Å². The summed E-state index contributed by atoms with van der Waals surface area (Å²) in [6, 6.07) is 5.64. The van der Waals surface area contributed by atoms with E-state index >= 15 is 0 Å². The van der Waals surface area contributed by atoms with E-state index in [4.69, 9.17) is 19.9 Å². The lowest BCUT2D eigenvalue weighted by atomic mass is 10.2. The van der Waals surface area contributed by atoms with Crippen LogP contribution >= 0.6 is 0 Å². The molecule has 4 heteroatoms. The van der Waals surface area contributed by atoms with Gasteiger partial charge in [0.1, 0.15) is 12.4 Å². The van der Waals surface area contributed by atoms with Crippen molar-refractivity contribution in [3.63, 3.8) is 0 Å². The Morgan fingerprint density at radius 3 is 2.62 bits per heavy atom. The zero-order chi connectivity index (χ0) is 11.8. The third-order valence-electron chi connectivity index (χ3n) is 2.24. The summed E-state index contributed by atoms with van der Waals surface area (Å²) in [5.41, 5.74) is 7.48. The van der Waals surface area contributed by atoms with Crippen LogP contribution in [-0.4, -0.2) is 33.5 Å². The quantitative estimate of drug-likeness (QED) is 0.566. The van der Waals surface area contributed by atoms with Crippen molar-refractivity contribution in [3.05, 3.63) is 23.8 Å². The van der Waals surface area contributed by atoms with Crippen LogP contribution in [-0.2, 0) is 9.47 Å². The molecule has 0 aliphatic carbocycles. The second-order valence-corrected chi connectivity index (χ2v) is 3.42. The Bertz CT molecular complexity index is 315. The number of hydrogen-bond acceptors (Lipinski definition) is 4. The molecule has 1 aromatic rings. The molecule has 0 heterocycles. The van der Waals surface area contributed by atoms with Gasteiger partial charge in [0.15, 0.2) is 0 Å². The Morgan fingerprint density at radius 2 is 1.88 bits per heavy atom. The predicted molar refractivity (Wildman–Crippen MR) is 63.8 cm³/mol. The molecule has 0 radical (unpaired) electrons. The highest BCUT2D eigenvalue weighted by atomic mass is 16.5. The maximum Gasteiger partial charge on any atom is 0.124 e. The molecule has 0 bridgehead atoms. The van der Waals surface area contributed by atoms with Gasteiger partial charge in [-0.3, -0.25) is 0 Å². The second-order valence-electron chi connectivity index (χ2n) is 3.42. The van der Waals surface area contributed by atoms with Gasteiger partial charge in [0, 0.05) is 18.4 Å². The first kappa shape index (κ1) is 12.8. The average molecular weight is 225 g/mol. The Balaban J connectivity index is 2.24. The molecule has 1 aromatic carbocycles. The Kier molecular flexibility index (Phi) is 5.67. The number of rotatable bonds is 7. The monoisotopic (exact) mass is 225 g/mol. The summed E-state index contributed by atoms with van der Waals surface area (Å²) in [6.07, 6.45) is 0. The van der Waals surface area contributed by atoms with Gasteiger partial charge in [-0.15, -0.1) is 0 Å². The number of ether oxygens (including phenoxy) is 3. The normalized spacial score (nSPS) is 10.4.